The van der Waals surface area contributed by atoms with Crippen molar-refractivity contribution >= 4 is 17.8 Å². The number of nitrogens with zero attached hydrogens (tertiary/aromatic N) is 3. The van der Waals surface area contributed by atoms with E-state index < -0.39 is 5.97 Å². The third kappa shape index (κ3) is 4.05. The normalized spacial score (nSPS) is 14.0. The summed E-state index contributed by atoms with van der Waals surface area (Å²) in [5.74, 6) is -0.863. The molecule has 1 aromatic carbocycles. The molecule has 0 bridgehead atoms. The molecule has 0 atom stereocenters. The molecule has 0 saturated carbocycles. The zero-order chi connectivity index (χ0) is 19.4. The molecule has 8 heteroatoms. The zero-order valence-electron chi connectivity index (χ0n) is 14.8. The average Bonchev–Trinajstić information content (AvgIpc) is 2.73. The molecule has 0 unspecified atom stereocenters. The fourth-order valence-electron chi connectivity index (χ4n) is 2.89. The molecule has 2 aromatic rings. The number of methoxy groups -OCH3 is 1. The summed E-state index contributed by atoms with van der Waals surface area (Å²) in [6, 6.07) is 9.64. The van der Waals surface area contributed by atoms with Crippen molar-refractivity contribution in [3.05, 3.63) is 59.4 Å². The fraction of sp³-hybridized carbons (Fsp3) is 0.263. The maximum atomic E-state index is 12.6. The molecule has 8 nitrogen and oxygen atoms in total. The Morgan fingerprint density at radius 2 is 1.48 bits per heavy atom. The maximum absolute atomic E-state index is 12.6. The Morgan fingerprint density at radius 1 is 0.926 bits per heavy atom. The van der Waals surface area contributed by atoms with Crippen LogP contribution in [0.15, 0.2) is 42.6 Å². The first-order valence-electron chi connectivity index (χ1n) is 8.41. The second kappa shape index (κ2) is 7.86. The molecule has 1 N–H and O–H groups in total. The molecule has 2 heterocycles. The number of rotatable bonds is 4. The molecule has 140 valence electrons. The zero-order valence-corrected chi connectivity index (χ0v) is 14.8. The van der Waals surface area contributed by atoms with Crippen molar-refractivity contribution in [2.24, 2.45) is 0 Å². The molecule has 0 aliphatic carbocycles. The van der Waals surface area contributed by atoms with Crippen LogP contribution < -0.4 is 4.74 Å². The number of amides is 2. The van der Waals surface area contributed by atoms with Crippen molar-refractivity contribution in [2.45, 2.75) is 0 Å². The summed E-state index contributed by atoms with van der Waals surface area (Å²) in [6.07, 6.45) is 1.31. The Labute approximate surface area is 156 Å². The van der Waals surface area contributed by atoms with Gasteiger partial charge in [0.2, 0.25) is 0 Å². The Kier molecular flexibility index (Phi) is 5.35. The molecule has 1 saturated heterocycles. The van der Waals surface area contributed by atoms with Crippen LogP contribution in [0.5, 0.6) is 5.75 Å². The second-order valence-electron chi connectivity index (χ2n) is 6.05. The Morgan fingerprint density at radius 3 is 2.00 bits per heavy atom. The van der Waals surface area contributed by atoms with Crippen LogP contribution in [0.25, 0.3) is 0 Å². The smallest absolute Gasteiger partial charge is 0.354 e. The van der Waals surface area contributed by atoms with Crippen molar-refractivity contribution in [1.29, 1.82) is 0 Å². The summed E-state index contributed by atoms with van der Waals surface area (Å²) in [5.41, 5.74) is 0.669. The van der Waals surface area contributed by atoms with Gasteiger partial charge in [-0.25, -0.2) is 9.78 Å². The SMILES string of the molecule is COc1ccc(C(=O)N2CCN(C(=O)c3ccnc(C(=O)O)c3)CC2)cc1. The molecule has 1 aromatic heterocycles. The lowest BCUT2D eigenvalue weighted by atomic mass is 10.1. The number of aromatic carboxylic acids is 1. The monoisotopic (exact) mass is 369 g/mol. The number of benzene rings is 1. The number of carboxylic acids is 1. The fourth-order valence-corrected chi connectivity index (χ4v) is 2.89. The van der Waals surface area contributed by atoms with E-state index in [0.29, 0.717) is 37.5 Å². The number of ether oxygens (including phenoxy) is 1. The van der Waals surface area contributed by atoms with E-state index >= 15 is 0 Å². The lowest BCUT2D eigenvalue weighted by Crippen LogP contribution is -2.50. The number of hydrogen-bond acceptors (Lipinski definition) is 5. The van der Waals surface area contributed by atoms with E-state index in [1.807, 2.05) is 0 Å². The van der Waals surface area contributed by atoms with Gasteiger partial charge in [-0.1, -0.05) is 0 Å². The van der Waals surface area contributed by atoms with E-state index in [1.165, 1.54) is 18.3 Å². The summed E-state index contributed by atoms with van der Waals surface area (Å²) < 4.78 is 5.09. The number of carbonyl (C=O) groups is 3. The molecule has 0 spiro atoms. The number of hydrogen-bond donors (Lipinski definition) is 1. The predicted octanol–water partition coefficient (Wildman–Crippen LogP) is 1.39. The Bertz CT molecular complexity index is 858. The summed E-state index contributed by atoms with van der Waals surface area (Å²) >= 11 is 0. The van der Waals surface area contributed by atoms with E-state index in [4.69, 9.17) is 9.84 Å². The molecule has 3 rings (SSSR count). The Hall–Kier alpha value is -3.42. The van der Waals surface area contributed by atoms with Gasteiger partial charge in [0, 0.05) is 43.5 Å². The third-order valence-corrected chi connectivity index (χ3v) is 4.42. The van der Waals surface area contributed by atoms with Crippen LogP contribution in [-0.4, -0.2) is 71.0 Å². The van der Waals surface area contributed by atoms with Crippen LogP contribution in [0.2, 0.25) is 0 Å². The number of pyridine rings is 1. The minimum Gasteiger partial charge on any atom is -0.497 e. The molecule has 0 radical (unpaired) electrons. The first kappa shape index (κ1) is 18.4. The number of carboxylic acid groups (broad SMARTS) is 1. The van der Waals surface area contributed by atoms with E-state index in [-0.39, 0.29) is 23.1 Å². The van der Waals surface area contributed by atoms with Gasteiger partial charge in [-0.3, -0.25) is 9.59 Å². The van der Waals surface area contributed by atoms with Crippen LogP contribution in [0.4, 0.5) is 0 Å². The molecule has 2 amide bonds. The maximum Gasteiger partial charge on any atom is 0.354 e. The largest absolute Gasteiger partial charge is 0.497 e. The van der Waals surface area contributed by atoms with E-state index in [9.17, 15) is 14.4 Å². The van der Waals surface area contributed by atoms with Gasteiger partial charge in [0.15, 0.2) is 0 Å². The molecular formula is C19H19N3O5. The third-order valence-electron chi connectivity index (χ3n) is 4.42. The number of aromatic nitrogens is 1. The number of piperazine rings is 1. The average molecular weight is 369 g/mol. The van der Waals surface area contributed by atoms with E-state index in [2.05, 4.69) is 4.98 Å². The van der Waals surface area contributed by atoms with Crippen LogP contribution in [0, 0.1) is 0 Å². The van der Waals surface area contributed by atoms with Crippen LogP contribution in [0.3, 0.4) is 0 Å². The molecule has 1 aliphatic heterocycles. The summed E-state index contributed by atoms with van der Waals surface area (Å²) in [7, 11) is 1.56. The van der Waals surface area contributed by atoms with E-state index in [0.717, 1.165) is 0 Å². The van der Waals surface area contributed by atoms with Crippen molar-refractivity contribution < 1.29 is 24.2 Å². The van der Waals surface area contributed by atoms with Gasteiger partial charge >= 0.3 is 5.97 Å². The van der Waals surface area contributed by atoms with Crippen LogP contribution in [-0.2, 0) is 0 Å². The van der Waals surface area contributed by atoms with Crippen molar-refractivity contribution in [3.63, 3.8) is 0 Å². The van der Waals surface area contributed by atoms with Gasteiger partial charge in [-0.2, -0.15) is 0 Å². The van der Waals surface area contributed by atoms with Crippen LogP contribution in [0.1, 0.15) is 31.2 Å². The number of carbonyl (C=O) groups excluding carboxylic acids is 2. The van der Waals surface area contributed by atoms with Crippen molar-refractivity contribution in [2.75, 3.05) is 33.3 Å². The molecular weight excluding hydrogens is 350 g/mol. The van der Waals surface area contributed by atoms with Gasteiger partial charge < -0.3 is 19.6 Å². The lowest BCUT2D eigenvalue weighted by molar-refractivity contribution is 0.0535. The first-order valence-corrected chi connectivity index (χ1v) is 8.41. The standard InChI is InChI=1S/C19H19N3O5/c1-27-15-4-2-13(3-5-15)17(23)21-8-10-22(11-9-21)18(24)14-6-7-20-16(12-14)19(25)26/h2-7,12H,8-11H2,1H3,(H,25,26). The lowest BCUT2D eigenvalue weighted by Gasteiger charge is -2.35. The van der Waals surface area contributed by atoms with Gasteiger partial charge in [-0.15, -0.1) is 0 Å². The topological polar surface area (TPSA) is 100 Å². The van der Waals surface area contributed by atoms with Crippen molar-refractivity contribution in [1.82, 2.24) is 14.8 Å². The second-order valence-corrected chi connectivity index (χ2v) is 6.05. The molecule has 1 aliphatic rings. The molecule has 1 fully saturated rings. The van der Waals surface area contributed by atoms with Gasteiger partial charge in [-0.05, 0) is 36.4 Å². The van der Waals surface area contributed by atoms with Gasteiger partial charge in [0.25, 0.3) is 11.8 Å². The highest BCUT2D eigenvalue weighted by atomic mass is 16.5. The summed E-state index contributed by atoms with van der Waals surface area (Å²) in [6.45, 7) is 1.58. The summed E-state index contributed by atoms with van der Waals surface area (Å²) in [4.78, 5) is 43.2. The minimum atomic E-state index is -1.18. The Balaban J connectivity index is 1.62. The first-order chi connectivity index (χ1) is 13.0. The summed E-state index contributed by atoms with van der Waals surface area (Å²) in [5, 5.41) is 9.00. The molecule has 27 heavy (non-hydrogen) atoms. The highest BCUT2D eigenvalue weighted by Gasteiger charge is 2.26. The van der Waals surface area contributed by atoms with Gasteiger partial charge in [0.1, 0.15) is 11.4 Å². The highest BCUT2D eigenvalue weighted by molar-refractivity contribution is 5.97. The van der Waals surface area contributed by atoms with Crippen molar-refractivity contribution in [3.8, 4) is 5.75 Å². The minimum absolute atomic E-state index is 0.0955. The predicted molar refractivity (Wildman–Crippen MR) is 96.0 cm³/mol. The van der Waals surface area contributed by atoms with E-state index in [1.54, 1.807) is 41.2 Å². The highest BCUT2D eigenvalue weighted by Crippen LogP contribution is 2.15. The quantitative estimate of drug-likeness (QED) is 0.874. The van der Waals surface area contributed by atoms with Crippen LogP contribution >= 0.6 is 0 Å². The van der Waals surface area contributed by atoms with Gasteiger partial charge in [0.05, 0.1) is 7.11 Å².